The van der Waals surface area contributed by atoms with Crippen LogP contribution in [0.1, 0.15) is 58.6 Å². The molecule has 3 N–H and O–H groups in total. The fourth-order valence-electron chi connectivity index (χ4n) is 3.18. The molecule has 0 aromatic heterocycles. The molecule has 0 spiro atoms. The molecule has 2 unspecified atom stereocenters. The van der Waals surface area contributed by atoms with E-state index in [0.717, 1.165) is 0 Å². The topological polar surface area (TPSA) is 105 Å². The van der Waals surface area contributed by atoms with Gasteiger partial charge in [-0.25, -0.2) is 18.0 Å². The number of carbonyl (C=O) groups excluding carboxylic acids is 2. The molecule has 2 aromatic rings. The van der Waals surface area contributed by atoms with Gasteiger partial charge in [-0.15, -0.1) is 0 Å². The average molecular weight is 525 g/mol. The number of benzene rings is 2. The zero-order valence-electron chi connectivity index (χ0n) is 21.7. The van der Waals surface area contributed by atoms with Crippen molar-refractivity contribution in [3.8, 4) is 0 Å². The monoisotopic (exact) mass is 524 g/mol. The van der Waals surface area contributed by atoms with Crippen molar-refractivity contribution in [2.75, 3.05) is 0 Å². The summed E-state index contributed by atoms with van der Waals surface area (Å²) in [5.41, 5.74) is -0.418. The third-order valence-electron chi connectivity index (χ3n) is 4.61. The first-order valence-electron chi connectivity index (χ1n) is 11.9. The van der Waals surface area contributed by atoms with Crippen LogP contribution in [-0.4, -0.2) is 40.8 Å². The van der Waals surface area contributed by atoms with Gasteiger partial charge < -0.3 is 20.5 Å². The van der Waals surface area contributed by atoms with Crippen molar-refractivity contribution in [3.63, 3.8) is 0 Å². The number of hydrogen-bond acceptors (Lipinski definition) is 4. The summed E-state index contributed by atoms with van der Waals surface area (Å²) in [5.74, 6) is -5.80. The van der Waals surface area contributed by atoms with E-state index in [1.165, 1.54) is 6.42 Å². The first-order valence-corrected chi connectivity index (χ1v) is 11.9. The molecule has 2 amide bonds. The van der Waals surface area contributed by atoms with Gasteiger partial charge in [-0.05, 0) is 44.4 Å². The van der Waals surface area contributed by atoms with Crippen molar-refractivity contribution in [2.45, 2.75) is 78.0 Å². The predicted molar refractivity (Wildman–Crippen MR) is 133 cm³/mol. The van der Waals surface area contributed by atoms with Crippen molar-refractivity contribution < 1.29 is 37.4 Å². The SMILES string of the molecule is CC(C)(C)OC(=O)NC(Cc1ccccc1)C(=O)NC(CC(=O)O)Cc1cc(F)c(F)cc1F.CCC. The van der Waals surface area contributed by atoms with E-state index < -0.39 is 65.9 Å². The summed E-state index contributed by atoms with van der Waals surface area (Å²) in [5, 5.41) is 14.2. The molecule has 2 atom stereocenters. The standard InChI is InChI=1S/C24H27F3N2O5.C3H8/c1-24(2,3)34-23(33)29-20(9-14-7-5-4-6-8-14)22(32)28-16(12-21(30)31)10-15-11-18(26)19(27)13-17(15)25;1-3-2/h4-8,11,13,16,20H,9-10,12H2,1-3H3,(H,28,32)(H,29,33)(H,30,31);3H2,1-2H3. The van der Waals surface area contributed by atoms with Crippen LogP contribution in [0.15, 0.2) is 42.5 Å². The maximum absolute atomic E-state index is 14.1. The maximum atomic E-state index is 14.1. The number of rotatable bonds is 9. The van der Waals surface area contributed by atoms with Crippen LogP contribution in [0.25, 0.3) is 0 Å². The molecule has 0 heterocycles. The van der Waals surface area contributed by atoms with E-state index >= 15 is 0 Å². The molecule has 204 valence electrons. The molecule has 0 aliphatic carbocycles. The minimum Gasteiger partial charge on any atom is -0.481 e. The van der Waals surface area contributed by atoms with Crippen LogP contribution in [0.5, 0.6) is 0 Å². The molecule has 0 bridgehead atoms. The van der Waals surface area contributed by atoms with E-state index in [1.807, 2.05) is 0 Å². The Morgan fingerprint density at radius 3 is 2.03 bits per heavy atom. The Bertz CT molecular complexity index is 1040. The van der Waals surface area contributed by atoms with E-state index in [4.69, 9.17) is 4.74 Å². The number of carboxylic acids is 1. The smallest absolute Gasteiger partial charge is 0.408 e. The Hall–Kier alpha value is -3.56. The number of ether oxygens (including phenoxy) is 1. The summed E-state index contributed by atoms with van der Waals surface area (Å²) in [4.78, 5) is 36.6. The normalized spacial score (nSPS) is 12.4. The zero-order valence-corrected chi connectivity index (χ0v) is 21.7. The van der Waals surface area contributed by atoms with Crippen molar-refractivity contribution in [3.05, 3.63) is 71.0 Å². The number of aliphatic carboxylic acids is 1. The summed E-state index contributed by atoms with van der Waals surface area (Å²) < 4.78 is 46.1. The van der Waals surface area contributed by atoms with Crippen molar-refractivity contribution >= 4 is 18.0 Å². The number of nitrogens with one attached hydrogen (secondary N) is 2. The van der Waals surface area contributed by atoms with Crippen molar-refractivity contribution in [2.24, 2.45) is 0 Å². The minimum atomic E-state index is -1.38. The van der Waals surface area contributed by atoms with Gasteiger partial charge in [0.1, 0.15) is 17.5 Å². The van der Waals surface area contributed by atoms with Crippen LogP contribution in [0, 0.1) is 17.5 Å². The lowest BCUT2D eigenvalue weighted by atomic mass is 10.0. The largest absolute Gasteiger partial charge is 0.481 e. The number of carbonyl (C=O) groups is 3. The van der Waals surface area contributed by atoms with Gasteiger partial charge in [-0.3, -0.25) is 9.59 Å². The lowest BCUT2D eigenvalue weighted by molar-refractivity contribution is -0.137. The molecule has 0 fully saturated rings. The maximum Gasteiger partial charge on any atom is 0.408 e. The Balaban J connectivity index is 0.00000217. The number of halogens is 3. The molecule has 0 saturated carbocycles. The number of alkyl carbamates (subject to hydrolysis) is 1. The summed E-state index contributed by atoms with van der Waals surface area (Å²) in [6, 6.07) is 7.41. The van der Waals surface area contributed by atoms with Crippen LogP contribution in [0.3, 0.4) is 0 Å². The lowest BCUT2D eigenvalue weighted by Gasteiger charge is -2.25. The van der Waals surface area contributed by atoms with Gasteiger partial charge in [0.25, 0.3) is 0 Å². The van der Waals surface area contributed by atoms with Gasteiger partial charge in [0.15, 0.2) is 11.6 Å². The summed E-state index contributed by atoms with van der Waals surface area (Å²) in [7, 11) is 0. The molecule has 7 nitrogen and oxygen atoms in total. The van der Waals surface area contributed by atoms with Crippen LogP contribution in [0.2, 0.25) is 0 Å². The summed E-state index contributed by atoms with van der Waals surface area (Å²) in [6.07, 6.45) is -0.573. The molecular formula is C27H35F3N2O5. The number of carboxylic acid groups (broad SMARTS) is 1. The lowest BCUT2D eigenvalue weighted by Crippen LogP contribution is -2.52. The second-order valence-electron chi connectivity index (χ2n) is 9.46. The summed E-state index contributed by atoms with van der Waals surface area (Å²) in [6.45, 7) is 9.20. The number of amides is 2. The Morgan fingerprint density at radius 1 is 0.919 bits per heavy atom. The zero-order chi connectivity index (χ0) is 28.2. The molecule has 0 aliphatic heterocycles. The minimum absolute atomic E-state index is 0.0608. The highest BCUT2D eigenvalue weighted by Crippen LogP contribution is 2.17. The molecule has 2 aromatic carbocycles. The van der Waals surface area contributed by atoms with E-state index in [9.17, 15) is 32.7 Å². The second-order valence-corrected chi connectivity index (χ2v) is 9.46. The first-order chi connectivity index (χ1) is 17.2. The van der Waals surface area contributed by atoms with Crippen LogP contribution in [-0.2, 0) is 27.2 Å². The van der Waals surface area contributed by atoms with E-state index in [0.29, 0.717) is 17.7 Å². The Labute approximate surface area is 215 Å². The fourth-order valence-corrected chi connectivity index (χ4v) is 3.18. The van der Waals surface area contributed by atoms with E-state index in [1.54, 1.807) is 51.1 Å². The van der Waals surface area contributed by atoms with Gasteiger partial charge in [0.05, 0.1) is 6.42 Å². The molecule has 0 radical (unpaired) electrons. The Kier molecular flexibility index (Phi) is 12.6. The highest BCUT2D eigenvalue weighted by Gasteiger charge is 2.28. The molecule has 0 saturated heterocycles. The average Bonchev–Trinajstić information content (AvgIpc) is 2.76. The van der Waals surface area contributed by atoms with Crippen LogP contribution in [0.4, 0.5) is 18.0 Å². The number of hydrogen-bond donors (Lipinski definition) is 3. The van der Waals surface area contributed by atoms with Gasteiger partial charge >= 0.3 is 12.1 Å². The van der Waals surface area contributed by atoms with Crippen LogP contribution >= 0.6 is 0 Å². The van der Waals surface area contributed by atoms with Crippen molar-refractivity contribution in [1.29, 1.82) is 0 Å². The molecular weight excluding hydrogens is 489 g/mol. The van der Waals surface area contributed by atoms with Gasteiger partial charge in [0.2, 0.25) is 5.91 Å². The third kappa shape index (κ3) is 12.3. The van der Waals surface area contributed by atoms with Crippen LogP contribution < -0.4 is 10.6 Å². The fraction of sp³-hybridized carbons (Fsp3) is 0.444. The molecule has 10 heteroatoms. The molecule has 2 rings (SSSR count). The van der Waals surface area contributed by atoms with Gasteiger partial charge in [0, 0.05) is 18.5 Å². The predicted octanol–water partition coefficient (Wildman–Crippen LogP) is 5.16. The third-order valence-corrected chi connectivity index (χ3v) is 4.61. The first kappa shape index (κ1) is 31.5. The Morgan fingerprint density at radius 2 is 1.49 bits per heavy atom. The summed E-state index contributed by atoms with van der Waals surface area (Å²) >= 11 is 0. The highest BCUT2D eigenvalue weighted by atomic mass is 19.2. The molecule has 0 aliphatic rings. The highest BCUT2D eigenvalue weighted by molar-refractivity contribution is 5.86. The van der Waals surface area contributed by atoms with Gasteiger partial charge in [-0.1, -0.05) is 50.6 Å². The second kappa shape index (κ2) is 14.9. The van der Waals surface area contributed by atoms with E-state index in [-0.39, 0.29) is 12.0 Å². The van der Waals surface area contributed by atoms with E-state index in [2.05, 4.69) is 24.5 Å². The molecule has 37 heavy (non-hydrogen) atoms. The quantitative estimate of drug-likeness (QED) is 0.393. The van der Waals surface area contributed by atoms with Crippen molar-refractivity contribution in [1.82, 2.24) is 10.6 Å². The van der Waals surface area contributed by atoms with Gasteiger partial charge in [-0.2, -0.15) is 0 Å².